The molecule has 0 bridgehead atoms. The van der Waals surface area contributed by atoms with Gasteiger partial charge < -0.3 is 15.8 Å². The molecule has 104 valence electrons. The normalized spacial score (nSPS) is 11.7. The number of carbonyl (C=O) groups is 1. The van der Waals surface area contributed by atoms with Gasteiger partial charge in [-0.3, -0.25) is 4.79 Å². The topological polar surface area (TPSA) is 78.9 Å². The Bertz CT molecular complexity index is 504. The van der Waals surface area contributed by atoms with Crippen LogP contribution >= 0.6 is 31.9 Å². The van der Waals surface area contributed by atoms with Crippen LogP contribution in [0.5, 0.6) is 0 Å². The fourth-order valence-corrected chi connectivity index (χ4v) is 2.29. The molecule has 0 fully saturated rings. The molecule has 0 radical (unpaired) electrons. The van der Waals surface area contributed by atoms with Crippen LogP contribution in [-0.4, -0.2) is 34.4 Å². The summed E-state index contributed by atoms with van der Waals surface area (Å²) in [6.07, 6.45) is 0. The Hall–Kier alpha value is -1.08. The lowest BCUT2D eigenvalue weighted by molar-refractivity contribution is 0.0733. The summed E-state index contributed by atoms with van der Waals surface area (Å²) in [5, 5.41) is 11.5. The highest BCUT2D eigenvalue weighted by molar-refractivity contribution is 9.11. The zero-order valence-electron chi connectivity index (χ0n) is 10.6. The molecule has 5 nitrogen and oxygen atoms in total. The number of amides is 1. The van der Waals surface area contributed by atoms with Gasteiger partial charge >= 0.3 is 0 Å². The number of rotatable bonds is 4. The van der Waals surface area contributed by atoms with Gasteiger partial charge in [-0.1, -0.05) is 21.1 Å². The van der Waals surface area contributed by atoms with E-state index in [1.165, 1.54) is 4.90 Å². The van der Waals surface area contributed by atoms with Crippen molar-refractivity contribution in [2.75, 3.05) is 6.54 Å². The number of benzene rings is 1. The fourth-order valence-electron chi connectivity index (χ4n) is 1.51. The molecule has 0 aromatic heterocycles. The standard InChI is InChI=1S/C12H15Br2N3O2/c1-7(2)17(6-11(15)16-19)12(18)9-5-8(13)3-4-10(9)14/h3-5,7,19H,6H2,1-2H3,(H2,15,16). The fraction of sp³-hybridized carbons (Fsp3) is 0.333. The summed E-state index contributed by atoms with van der Waals surface area (Å²) in [6.45, 7) is 3.81. The third-order valence-electron chi connectivity index (χ3n) is 2.50. The van der Waals surface area contributed by atoms with Gasteiger partial charge in [-0.25, -0.2) is 0 Å². The molecule has 0 atom stereocenters. The van der Waals surface area contributed by atoms with Crippen molar-refractivity contribution in [3.05, 3.63) is 32.7 Å². The maximum Gasteiger partial charge on any atom is 0.255 e. The Balaban J connectivity index is 3.09. The van der Waals surface area contributed by atoms with Crippen LogP contribution in [0.2, 0.25) is 0 Å². The van der Waals surface area contributed by atoms with Crippen LogP contribution in [0, 0.1) is 0 Å². The summed E-state index contributed by atoms with van der Waals surface area (Å²) < 4.78 is 1.51. The Kier molecular flexibility index (Phi) is 5.81. The highest BCUT2D eigenvalue weighted by Gasteiger charge is 2.22. The van der Waals surface area contributed by atoms with Crippen molar-refractivity contribution >= 4 is 43.6 Å². The van der Waals surface area contributed by atoms with Gasteiger partial charge in [0.15, 0.2) is 5.84 Å². The number of hydrogen-bond donors (Lipinski definition) is 2. The largest absolute Gasteiger partial charge is 0.409 e. The molecular formula is C12H15Br2N3O2. The molecule has 3 N–H and O–H groups in total. The zero-order chi connectivity index (χ0) is 14.6. The van der Waals surface area contributed by atoms with Crippen LogP contribution in [0.3, 0.4) is 0 Å². The molecule has 0 unspecified atom stereocenters. The summed E-state index contributed by atoms with van der Waals surface area (Å²) in [5.41, 5.74) is 6.00. The number of nitrogens with two attached hydrogens (primary N) is 1. The molecule has 0 aliphatic carbocycles. The SMILES string of the molecule is CC(C)N(C/C(N)=N/O)C(=O)c1cc(Br)ccc1Br. The van der Waals surface area contributed by atoms with Crippen molar-refractivity contribution in [3.8, 4) is 0 Å². The van der Waals surface area contributed by atoms with Gasteiger partial charge in [0.1, 0.15) is 0 Å². The van der Waals surface area contributed by atoms with Gasteiger partial charge in [0.2, 0.25) is 0 Å². The average molecular weight is 393 g/mol. The zero-order valence-corrected chi connectivity index (χ0v) is 13.8. The van der Waals surface area contributed by atoms with Gasteiger partial charge in [0.25, 0.3) is 5.91 Å². The Labute approximate surface area is 128 Å². The number of carbonyl (C=O) groups excluding carboxylic acids is 1. The third kappa shape index (κ3) is 4.21. The van der Waals surface area contributed by atoms with Crippen LogP contribution in [0.1, 0.15) is 24.2 Å². The van der Waals surface area contributed by atoms with Gasteiger partial charge in [0, 0.05) is 15.0 Å². The van der Waals surface area contributed by atoms with Gasteiger partial charge in [-0.05, 0) is 48.0 Å². The number of oxime groups is 1. The number of amidine groups is 1. The van der Waals surface area contributed by atoms with E-state index in [0.717, 1.165) is 4.47 Å². The van der Waals surface area contributed by atoms with E-state index >= 15 is 0 Å². The molecule has 1 rings (SSSR count). The predicted octanol–water partition coefficient (Wildman–Crippen LogP) is 2.81. The number of halogens is 2. The molecule has 0 heterocycles. The summed E-state index contributed by atoms with van der Waals surface area (Å²) >= 11 is 6.69. The van der Waals surface area contributed by atoms with Crippen LogP contribution in [-0.2, 0) is 0 Å². The van der Waals surface area contributed by atoms with Crippen molar-refractivity contribution in [1.29, 1.82) is 0 Å². The van der Waals surface area contributed by atoms with E-state index in [2.05, 4.69) is 37.0 Å². The Morgan fingerprint density at radius 1 is 1.47 bits per heavy atom. The van der Waals surface area contributed by atoms with Crippen molar-refractivity contribution < 1.29 is 10.0 Å². The van der Waals surface area contributed by atoms with E-state index in [1.807, 2.05) is 19.9 Å². The first-order valence-corrected chi connectivity index (χ1v) is 7.17. The summed E-state index contributed by atoms with van der Waals surface area (Å²) in [5.74, 6) is -0.192. The number of hydrogen-bond acceptors (Lipinski definition) is 3. The molecule has 0 aliphatic rings. The average Bonchev–Trinajstić information content (AvgIpc) is 2.37. The van der Waals surface area contributed by atoms with Gasteiger partial charge in [-0.15, -0.1) is 0 Å². The first-order chi connectivity index (χ1) is 8.86. The lowest BCUT2D eigenvalue weighted by atomic mass is 10.1. The van der Waals surface area contributed by atoms with E-state index in [0.29, 0.717) is 10.0 Å². The van der Waals surface area contributed by atoms with Crippen molar-refractivity contribution in [2.24, 2.45) is 10.9 Å². The summed E-state index contributed by atoms with van der Waals surface area (Å²) in [4.78, 5) is 14.0. The van der Waals surface area contributed by atoms with Crippen molar-refractivity contribution in [1.82, 2.24) is 4.90 Å². The van der Waals surface area contributed by atoms with Crippen LogP contribution < -0.4 is 5.73 Å². The monoisotopic (exact) mass is 391 g/mol. The molecule has 0 spiro atoms. The van der Waals surface area contributed by atoms with E-state index < -0.39 is 0 Å². The second kappa shape index (κ2) is 6.91. The van der Waals surface area contributed by atoms with Crippen LogP contribution in [0.4, 0.5) is 0 Å². The Morgan fingerprint density at radius 3 is 2.63 bits per heavy atom. The minimum Gasteiger partial charge on any atom is -0.409 e. The van der Waals surface area contributed by atoms with Gasteiger partial charge in [-0.2, -0.15) is 0 Å². The minimum atomic E-state index is -0.185. The molecule has 1 amide bonds. The highest BCUT2D eigenvalue weighted by Crippen LogP contribution is 2.23. The van der Waals surface area contributed by atoms with Crippen molar-refractivity contribution in [2.45, 2.75) is 19.9 Å². The van der Waals surface area contributed by atoms with Crippen molar-refractivity contribution in [3.63, 3.8) is 0 Å². The molecule has 19 heavy (non-hydrogen) atoms. The summed E-state index contributed by atoms with van der Waals surface area (Å²) in [6, 6.07) is 5.29. The molecule has 1 aromatic carbocycles. The molecule has 0 saturated heterocycles. The quantitative estimate of drug-likeness (QED) is 0.358. The molecular weight excluding hydrogens is 378 g/mol. The second-order valence-corrected chi connectivity index (χ2v) is 6.01. The van der Waals surface area contributed by atoms with E-state index in [-0.39, 0.29) is 24.3 Å². The predicted molar refractivity (Wildman–Crippen MR) is 81.4 cm³/mol. The first-order valence-electron chi connectivity index (χ1n) is 5.59. The Morgan fingerprint density at radius 2 is 2.11 bits per heavy atom. The van der Waals surface area contributed by atoms with Crippen LogP contribution in [0.25, 0.3) is 0 Å². The van der Waals surface area contributed by atoms with E-state index in [1.54, 1.807) is 12.1 Å². The van der Waals surface area contributed by atoms with E-state index in [4.69, 9.17) is 10.9 Å². The van der Waals surface area contributed by atoms with E-state index in [9.17, 15) is 4.79 Å². The molecule has 7 heteroatoms. The maximum absolute atomic E-state index is 12.5. The summed E-state index contributed by atoms with van der Waals surface area (Å²) in [7, 11) is 0. The lowest BCUT2D eigenvalue weighted by Crippen LogP contribution is -2.43. The maximum atomic E-state index is 12.5. The van der Waals surface area contributed by atoms with Crippen LogP contribution in [0.15, 0.2) is 32.3 Å². The molecule has 0 saturated carbocycles. The second-order valence-electron chi connectivity index (χ2n) is 4.24. The third-order valence-corrected chi connectivity index (χ3v) is 3.69. The minimum absolute atomic E-state index is 0.00632. The van der Waals surface area contributed by atoms with Gasteiger partial charge in [0.05, 0.1) is 12.1 Å². The molecule has 1 aromatic rings. The lowest BCUT2D eigenvalue weighted by Gasteiger charge is -2.26. The molecule has 0 aliphatic heterocycles. The smallest absolute Gasteiger partial charge is 0.255 e. The number of nitrogens with zero attached hydrogens (tertiary/aromatic N) is 2. The highest BCUT2D eigenvalue weighted by atomic mass is 79.9. The first kappa shape index (κ1) is 16.0.